The highest BCUT2D eigenvalue weighted by Gasteiger charge is 2.44. The molecular weight excluding hydrogens is 538 g/mol. The highest BCUT2D eigenvalue weighted by Crippen LogP contribution is 2.27. The third-order valence-corrected chi connectivity index (χ3v) is 6.71. The van der Waals surface area contributed by atoms with Crippen LogP contribution in [0.1, 0.15) is 38.7 Å². The molecule has 9 nitrogen and oxygen atoms in total. The standard InChI is InChI=1S/C26H21Cl2FN4O5/c27-19-8-5-16(12-20(19)28)25(37)32-10-11-33(26(38)17-2-1-9-30-14-17)24(32)23(36)31-21(13-22(34)35)15-3-6-18(29)7-4-15/h1-9,12,14,21,24H,10-11,13H2,(H,31,36)(H,34,35). The molecule has 0 spiro atoms. The van der Waals surface area contributed by atoms with Crippen molar-refractivity contribution >= 4 is 46.9 Å². The number of hydrogen-bond acceptors (Lipinski definition) is 5. The van der Waals surface area contributed by atoms with Crippen molar-refractivity contribution < 1.29 is 28.7 Å². The molecule has 3 amide bonds. The van der Waals surface area contributed by atoms with Crippen molar-refractivity contribution in [1.82, 2.24) is 20.1 Å². The monoisotopic (exact) mass is 558 g/mol. The molecule has 1 saturated heterocycles. The van der Waals surface area contributed by atoms with Crippen molar-refractivity contribution in [3.05, 3.63) is 99.5 Å². The summed E-state index contributed by atoms with van der Waals surface area (Å²) in [5, 5.41) is 12.4. The lowest BCUT2D eigenvalue weighted by Crippen LogP contribution is -2.54. The van der Waals surface area contributed by atoms with Gasteiger partial charge >= 0.3 is 5.97 Å². The van der Waals surface area contributed by atoms with Crippen LogP contribution in [0.4, 0.5) is 4.39 Å². The minimum absolute atomic E-state index is 0.0172. The van der Waals surface area contributed by atoms with Crippen LogP contribution in [0.15, 0.2) is 67.0 Å². The van der Waals surface area contributed by atoms with Crippen LogP contribution in [-0.2, 0) is 9.59 Å². The fourth-order valence-electron chi connectivity index (χ4n) is 4.15. The van der Waals surface area contributed by atoms with E-state index in [0.717, 1.165) is 12.1 Å². The second-order valence-electron chi connectivity index (χ2n) is 8.45. The van der Waals surface area contributed by atoms with Crippen molar-refractivity contribution in [2.75, 3.05) is 13.1 Å². The SMILES string of the molecule is O=C(O)CC(NC(=O)C1N(C(=O)c2cccnc2)CCN1C(=O)c1ccc(Cl)c(Cl)c1)c1ccc(F)cc1. The van der Waals surface area contributed by atoms with Gasteiger partial charge < -0.3 is 20.2 Å². The Bertz CT molecular complexity index is 1370. The Balaban J connectivity index is 1.68. The number of nitrogens with one attached hydrogen (secondary N) is 1. The summed E-state index contributed by atoms with van der Waals surface area (Å²) >= 11 is 12.1. The lowest BCUT2D eigenvalue weighted by Gasteiger charge is -2.31. The molecule has 1 fully saturated rings. The van der Waals surface area contributed by atoms with Gasteiger partial charge in [-0.25, -0.2) is 4.39 Å². The Labute approximate surface area is 226 Å². The number of benzene rings is 2. The van der Waals surface area contributed by atoms with Crippen LogP contribution in [0.3, 0.4) is 0 Å². The van der Waals surface area contributed by atoms with Crippen LogP contribution in [0.5, 0.6) is 0 Å². The Hall–Kier alpha value is -4.02. The maximum atomic E-state index is 13.7. The highest BCUT2D eigenvalue weighted by atomic mass is 35.5. The van der Waals surface area contributed by atoms with Crippen molar-refractivity contribution in [2.24, 2.45) is 0 Å². The van der Waals surface area contributed by atoms with Gasteiger partial charge in [-0.2, -0.15) is 0 Å². The minimum Gasteiger partial charge on any atom is -0.481 e. The van der Waals surface area contributed by atoms with Gasteiger partial charge in [0, 0.05) is 31.0 Å². The Morgan fingerprint density at radius 3 is 2.21 bits per heavy atom. The Morgan fingerprint density at radius 1 is 0.974 bits per heavy atom. The van der Waals surface area contributed by atoms with Gasteiger partial charge in [0.05, 0.1) is 28.1 Å². The molecule has 1 aromatic heterocycles. The molecule has 196 valence electrons. The Kier molecular flexibility index (Phi) is 8.23. The molecular formula is C26H21Cl2FN4O5. The first-order chi connectivity index (χ1) is 18.2. The van der Waals surface area contributed by atoms with E-state index in [9.17, 15) is 28.7 Å². The quantitative estimate of drug-likeness (QED) is 0.455. The maximum absolute atomic E-state index is 13.7. The first-order valence-corrected chi connectivity index (χ1v) is 12.2. The van der Waals surface area contributed by atoms with Gasteiger partial charge in [0.15, 0.2) is 6.17 Å². The van der Waals surface area contributed by atoms with Gasteiger partial charge in [0.2, 0.25) is 0 Å². The van der Waals surface area contributed by atoms with Gasteiger partial charge in [0.1, 0.15) is 5.82 Å². The van der Waals surface area contributed by atoms with E-state index in [-0.39, 0.29) is 34.3 Å². The van der Waals surface area contributed by atoms with Crippen molar-refractivity contribution in [1.29, 1.82) is 0 Å². The zero-order chi connectivity index (χ0) is 27.4. The number of aromatic nitrogens is 1. The molecule has 2 N–H and O–H groups in total. The lowest BCUT2D eigenvalue weighted by atomic mass is 10.0. The molecule has 0 aliphatic carbocycles. The topological polar surface area (TPSA) is 120 Å². The van der Waals surface area contributed by atoms with E-state index in [4.69, 9.17) is 23.2 Å². The number of carbonyl (C=O) groups is 4. The molecule has 0 saturated carbocycles. The molecule has 2 aromatic carbocycles. The molecule has 12 heteroatoms. The van der Waals surface area contributed by atoms with Crippen LogP contribution in [0, 0.1) is 5.82 Å². The lowest BCUT2D eigenvalue weighted by molar-refractivity contribution is -0.138. The summed E-state index contributed by atoms with van der Waals surface area (Å²) in [4.78, 5) is 58.3. The first-order valence-electron chi connectivity index (χ1n) is 11.4. The average Bonchev–Trinajstić information content (AvgIpc) is 3.35. The summed E-state index contributed by atoms with van der Waals surface area (Å²) in [7, 11) is 0. The van der Waals surface area contributed by atoms with E-state index in [0.29, 0.717) is 5.56 Å². The van der Waals surface area contributed by atoms with Gasteiger partial charge in [-0.1, -0.05) is 35.3 Å². The molecule has 4 rings (SSSR count). The summed E-state index contributed by atoms with van der Waals surface area (Å²) in [5.74, 6) is -3.65. The number of carbonyl (C=O) groups excluding carboxylic acids is 3. The van der Waals surface area contributed by atoms with Crippen molar-refractivity contribution in [2.45, 2.75) is 18.6 Å². The number of pyridine rings is 1. The van der Waals surface area contributed by atoms with E-state index in [2.05, 4.69) is 10.3 Å². The van der Waals surface area contributed by atoms with Crippen molar-refractivity contribution in [3.8, 4) is 0 Å². The first kappa shape index (κ1) is 27.0. The number of nitrogens with zero attached hydrogens (tertiary/aromatic N) is 3. The van der Waals surface area contributed by atoms with Crippen LogP contribution in [0.2, 0.25) is 10.0 Å². The Morgan fingerprint density at radius 2 is 1.63 bits per heavy atom. The molecule has 0 bridgehead atoms. The van der Waals surface area contributed by atoms with E-state index < -0.39 is 48.1 Å². The van der Waals surface area contributed by atoms with Gasteiger partial charge in [-0.15, -0.1) is 0 Å². The number of halogens is 3. The number of carboxylic acids is 1. The number of hydrogen-bond donors (Lipinski definition) is 2. The number of amides is 3. The van der Waals surface area contributed by atoms with E-state index in [1.165, 1.54) is 58.6 Å². The normalized spacial score (nSPS) is 15.7. The number of aliphatic carboxylic acids is 1. The van der Waals surface area contributed by atoms with Gasteiger partial charge in [-0.3, -0.25) is 24.2 Å². The zero-order valence-electron chi connectivity index (χ0n) is 19.7. The number of carboxylic acid groups (broad SMARTS) is 1. The molecule has 3 aromatic rings. The minimum atomic E-state index is -1.42. The summed E-state index contributed by atoms with van der Waals surface area (Å²) in [6, 6.07) is 11.3. The van der Waals surface area contributed by atoms with E-state index >= 15 is 0 Å². The molecule has 2 unspecified atom stereocenters. The van der Waals surface area contributed by atoms with Crippen molar-refractivity contribution in [3.63, 3.8) is 0 Å². The molecule has 2 atom stereocenters. The molecule has 0 radical (unpaired) electrons. The maximum Gasteiger partial charge on any atom is 0.305 e. The summed E-state index contributed by atoms with van der Waals surface area (Å²) in [5.41, 5.74) is 0.691. The second-order valence-corrected chi connectivity index (χ2v) is 9.27. The molecule has 1 aliphatic rings. The predicted molar refractivity (Wildman–Crippen MR) is 136 cm³/mol. The fourth-order valence-corrected chi connectivity index (χ4v) is 4.45. The highest BCUT2D eigenvalue weighted by molar-refractivity contribution is 6.42. The zero-order valence-corrected chi connectivity index (χ0v) is 21.2. The van der Waals surface area contributed by atoms with Gasteiger partial charge in [-0.05, 0) is 48.0 Å². The largest absolute Gasteiger partial charge is 0.481 e. The summed E-state index contributed by atoms with van der Waals surface area (Å²) < 4.78 is 13.5. The fraction of sp³-hybridized carbons (Fsp3) is 0.192. The van der Waals surface area contributed by atoms with Crippen LogP contribution in [0.25, 0.3) is 0 Å². The smallest absolute Gasteiger partial charge is 0.305 e. The molecule has 1 aliphatic heterocycles. The third-order valence-electron chi connectivity index (χ3n) is 5.97. The van der Waals surface area contributed by atoms with E-state index in [1.807, 2.05) is 0 Å². The summed E-state index contributed by atoms with van der Waals surface area (Å²) in [6.45, 7) is 0.0440. The van der Waals surface area contributed by atoms with Crippen LogP contribution in [-0.4, -0.2) is 62.8 Å². The number of rotatable bonds is 7. The average molecular weight is 559 g/mol. The van der Waals surface area contributed by atoms with E-state index in [1.54, 1.807) is 6.07 Å². The molecule has 38 heavy (non-hydrogen) atoms. The third kappa shape index (κ3) is 5.92. The predicted octanol–water partition coefficient (Wildman–Crippen LogP) is 3.78. The van der Waals surface area contributed by atoms with Crippen LogP contribution < -0.4 is 5.32 Å². The van der Waals surface area contributed by atoms with Crippen LogP contribution >= 0.6 is 23.2 Å². The molecule has 2 heterocycles. The van der Waals surface area contributed by atoms with Gasteiger partial charge in [0.25, 0.3) is 17.7 Å². The summed E-state index contributed by atoms with van der Waals surface area (Å²) in [6.07, 6.45) is 0.902. The second kappa shape index (κ2) is 11.6.